The van der Waals surface area contributed by atoms with E-state index in [1.54, 1.807) is 0 Å². The van der Waals surface area contributed by atoms with Crippen LogP contribution in [0, 0.1) is 13.8 Å². The van der Waals surface area contributed by atoms with Crippen molar-refractivity contribution in [2.45, 2.75) is 31.2 Å². The van der Waals surface area contributed by atoms with Crippen LogP contribution in [-0.2, 0) is 6.42 Å². The van der Waals surface area contributed by atoms with Gasteiger partial charge in [-0.25, -0.2) is 0 Å². The monoisotopic (exact) mass is 285 g/mol. The highest BCUT2D eigenvalue weighted by Crippen LogP contribution is 2.23. The zero-order chi connectivity index (χ0) is 14.4. The molecular weight excluding hydrogens is 262 g/mol. The summed E-state index contributed by atoms with van der Waals surface area (Å²) in [6, 6.07) is 17.9. The number of hydrogen-bond acceptors (Lipinski definition) is 2. The Morgan fingerprint density at radius 2 is 1.85 bits per heavy atom. The Morgan fingerprint density at radius 1 is 1.05 bits per heavy atom. The summed E-state index contributed by atoms with van der Waals surface area (Å²) in [5, 5.41) is 3.44. The smallest absolute Gasteiger partial charge is 0.0199 e. The van der Waals surface area contributed by atoms with E-state index in [9.17, 15) is 0 Å². The van der Waals surface area contributed by atoms with E-state index in [0.29, 0.717) is 6.04 Å². The van der Waals surface area contributed by atoms with E-state index >= 15 is 0 Å². The molecule has 0 fully saturated rings. The first-order valence-electron chi connectivity index (χ1n) is 7.10. The molecule has 0 bridgehead atoms. The molecule has 106 valence electrons. The van der Waals surface area contributed by atoms with Crippen LogP contribution in [0.3, 0.4) is 0 Å². The van der Waals surface area contributed by atoms with Crippen LogP contribution < -0.4 is 5.32 Å². The van der Waals surface area contributed by atoms with Gasteiger partial charge in [0.2, 0.25) is 0 Å². The summed E-state index contributed by atoms with van der Waals surface area (Å²) in [5.41, 5.74) is 4.11. The van der Waals surface area contributed by atoms with Gasteiger partial charge in [0.1, 0.15) is 0 Å². The SMILES string of the molecule is CNC(CSc1ccccc1C)Cc1cccc(C)c1. The summed E-state index contributed by atoms with van der Waals surface area (Å²) in [6.45, 7) is 4.33. The molecular formula is C18H23NS. The van der Waals surface area contributed by atoms with Crippen molar-refractivity contribution in [3.8, 4) is 0 Å². The van der Waals surface area contributed by atoms with Crippen molar-refractivity contribution >= 4 is 11.8 Å². The molecule has 2 aromatic carbocycles. The van der Waals surface area contributed by atoms with Crippen LogP contribution >= 0.6 is 11.8 Å². The minimum absolute atomic E-state index is 0.501. The Balaban J connectivity index is 1.94. The van der Waals surface area contributed by atoms with Crippen LogP contribution in [0.2, 0.25) is 0 Å². The fraction of sp³-hybridized carbons (Fsp3) is 0.333. The fourth-order valence-electron chi connectivity index (χ4n) is 2.28. The molecule has 0 aromatic heterocycles. The van der Waals surface area contributed by atoms with E-state index in [2.05, 4.69) is 74.7 Å². The fourth-order valence-corrected chi connectivity index (χ4v) is 3.41. The van der Waals surface area contributed by atoms with Crippen molar-refractivity contribution in [3.05, 3.63) is 65.2 Å². The van der Waals surface area contributed by atoms with Gasteiger partial charge in [-0.3, -0.25) is 0 Å². The molecule has 20 heavy (non-hydrogen) atoms. The number of nitrogens with one attached hydrogen (secondary N) is 1. The quantitative estimate of drug-likeness (QED) is 0.797. The molecule has 1 unspecified atom stereocenters. The van der Waals surface area contributed by atoms with Gasteiger partial charge in [-0.2, -0.15) is 0 Å². The van der Waals surface area contributed by atoms with Gasteiger partial charge >= 0.3 is 0 Å². The predicted octanol–water partition coefficient (Wildman–Crippen LogP) is 4.23. The van der Waals surface area contributed by atoms with Gasteiger partial charge in [-0.15, -0.1) is 11.8 Å². The van der Waals surface area contributed by atoms with E-state index in [-0.39, 0.29) is 0 Å². The highest BCUT2D eigenvalue weighted by molar-refractivity contribution is 7.99. The summed E-state index contributed by atoms with van der Waals surface area (Å²) < 4.78 is 0. The van der Waals surface area contributed by atoms with Gasteiger partial charge < -0.3 is 5.32 Å². The average Bonchev–Trinajstić information content (AvgIpc) is 2.45. The predicted molar refractivity (Wildman–Crippen MR) is 89.6 cm³/mol. The Labute approximate surface area is 126 Å². The molecule has 1 nitrogen and oxygen atoms in total. The first kappa shape index (κ1) is 15.1. The summed E-state index contributed by atoms with van der Waals surface area (Å²) in [7, 11) is 2.05. The lowest BCUT2D eigenvalue weighted by molar-refractivity contribution is 0.617. The number of aryl methyl sites for hydroxylation is 2. The topological polar surface area (TPSA) is 12.0 Å². The molecule has 0 amide bonds. The molecule has 0 aliphatic heterocycles. The molecule has 0 saturated carbocycles. The van der Waals surface area contributed by atoms with Crippen LogP contribution in [0.4, 0.5) is 0 Å². The molecule has 0 radical (unpaired) electrons. The molecule has 0 saturated heterocycles. The van der Waals surface area contributed by atoms with Crippen molar-refractivity contribution in [1.82, 2.24) is 5.32 Å². The van der Waals surface area contributed by atoms with Crippen LogP contribution in [0.5, 0.6) is 0 Å². The first-order chi connectivity index (χ1) is 9.69. The molecule has 0 aliphatic rings. The Hall–Kier alpha value is -1.25. The van der Waals surface area contributed by atoms with Gasteiger partial charge in [0.15, 0.2) is 0 Å². The van der Waals surface area contributed by atoms with Crippen LogP contribution in [0.1, 0.15) is 16.7 Å². The summed E-state index contributed by atoms with van der Waals surface area (Å²) in [6.07, 6.45) is 1.08. The second kappa shape index (κ2) is 7.51. The number of benzene rings is 2. The van der Waals surface area contributed by atoms with Gasteiger partial charge in [-0.1, -0.05) is 48.0 Å². The zero-order valence-electron chi connectivity index (χ0n) is 12.5. The van der Waals surface area contributed by atoms with Crippen molar-refractivity contribution < 1.29 is 0 Å². The van der Waals surface area contributed by atoms with Gasteiger partial charge in [0.05, 0.1) is 0 Å². The summed E-state index contributed by atoms with van der Waals surface area (Å²) in [4.78, 5) is 1.39. The van der Waals surface area contributed by atoms with E-state index in [0.717, 1.165) is 12.2 Å². The number of likely N-dealkylation sites (N-methyl/N-ethyl adjacent to an activating group) is 1. The molecule has 1 N–H and O–H groups in total. The molecule has 0 aliphatic carbocycles. The maximum Gasteiger partial charge on any atom is 0.0199 e. The van der Waals surface area contributed by atoms with Crippen molar-refractivity contribution in [1.29, 1.82) is 0 Å². The molecule has 0 spiro atoms. The van der Waals surface area contributed by atoms with E-state index in [1.165, 1.54) is 21.6 Å². The largest absolute Gasteiger partial charge is 0.316 e. The van der Waals surface area contributed by atoms with E-state index < -0.39 is 0 Å². The Morgan fingerprint density at radius 3 is 2.55 bits per heavy atom. The first-order valence-corrected chi connectivity index (χ1v) is 8.09. The zero-order valence-corrected chi connectivity index (χ0v) is 13.3. The molecule has 2 aromatic rings. The lowest BCUT2D eigenvalue weighted by Crippen LogP contribution is -2.30. The van der Waals surface area contributed by atoms with Crippen LogP contribution in [-0.4, -0.2) is 18.8 Å². The molecule has 1 atom stereocenters. The molecule has 2 heteroatoms. The standard InChI is InChI=1S/C18H23NS/c1-14-7-6-9-16(11-14)12-17(19-3)13-20-18-10-5-4-8-15(18)2/h4-11,17,19H,12-13H2,1-3H3. The minimum atomic E-state index is 0.501. The second-order valence-corrected chi connectivity index (χ2v) is 6.32. The Kier molecular flexibility index (Phi) is 5.69. The van der Waals surface area contributed by atoms with E-state index in [4.69, 9.17) is 0 Å². The maximum absolute atomic E-state index is 3.44. The number of rotatable bonds is 6. The van der Waals surface area contributed by atoms with Crippen molar-refractivity contribution in [2.75, 3.05) is 12.8 Å². The van der Waals surface area contributed by atoms with Crippen LogP contribution in [0.25, 0.3) is 0 Å². The lowest BCUT2D eigenvalue weighted by atomic mass is 10.1. The van der Waals surface area contributed by atoms with Crippen LogP contribution in [0.15, 0.2) is 53.4 Å². The van der Waals surface area contributed by atoms with Gasteiger partial charge in [0.25, 0.3) is 0 Å². The minimum Gasteiger partial charge on any atom is -0.316 e. The second-order valence-electron chi connectivity index (χ2n) is 5.26. The third-order valence-corrected chi connectivity index (χ3v) is 4.84. The maximum atomic E-state index is 3.44. The third-order valence-electron chi connectivity index (χ3n) is 3.51. The van der Waals surface area contributed by atoms with Crippen molar-refractivity contribution in [2.24, 2.45) is 0 Å². The molecule has 0 heterocycles. The van der Waals surface area contributed by atoms with Gasteiger partial charge in [-0.05, 0) is 44.5 Å². The third kappa shape index (κ3) is 4.39. The highest BCUT2D eigenvalue weighted by atomic mass is 32.2. The number of thioether (sulfide) groups is 1. The molecule has 2 rings (SSSR count). The summed E-state index contributed by atoms with van der Waals surface area (Å²) in [5.74, 6) is 1.09. The average molecular weight is 285 g/mol. The number of hydrogen-bond donors (Lipinski definition) is 1. The Bertz CT molecular complexity index is 551. The highest BCUT2D eigenvalue weighted by Gasteiger charge is 2.09. The van der Waals surface area contributed by atoms with Gasteiger partial charge in [0, 0.05) is 16.7 Å². The normalized spacial score (nSPS) is 12.3. The lowest BCUT2D eigenvalue weighted by Gasteiger charge is -2.17. The van der Waals surface area contributed by atoms with Crippen molar-refractivity contribution in [3.63, 3.8) is 0 Å². The summed E-state index contributed by atoms with van der Waals surface area (Å²) >= 11 is 1.94. The van der Waals surface area contributed by atoms with E-state index in [1.807, 2.05) is 11.8 Å².